The molecule has 18 heavy (non-hydrogen) atoms. The van der Waals surface area contributed by atoms with Gasteiger partial charge in [0.05, 0.1) is 6.61 Å². The Hall–Kier alpha value is -0.930. The standard InChI is InChI=1S/C15H22FNO/c1-3-15(13-6-4-5-7-14(13)16)10-12(15)11-17-8-9-18-2/h4-7,12,17H,3,8-11H2,1-2H3. The second-order valence-electron chi connectivity index (χ2n) is 5.09. The van der Waals surface area contributed by atoms with Crippen molar-refractivity contribution in [2.75, 3.05) is 26.8 Å². The van der Waals surface area contributed by atoms with Crippen LogP contribution >= 0.6 is 0 Å². The van der Waals surface area contributed by atoms with Gasteiger partial charge in [0.1, 0.15) is 5.82 Å². The first kappa shape index (κ1) is 13.5. The fraction of sp³-hybridized carbons (Fsp3) is 0.600. The molecule has 1 saturated carbocycles. The van der Waals surface area contributed by atoms with Gasteiger partial charge in [-0.05, 0) is 36.9 Å². The normalized spacial score (nSPS) is 26.3. The van der Waals surface area contributed by atoms with Crippen LogP contribution in [0.3, 0.4) is 0 Å². The summed E-state index contributed by atoms with van der Waals surface area (Å²) in [5, 5.41) is 3.38. The van der Waals surface area contributed by atoms with E-state index in [1.165, 1.54) is 0 Å². The summed E-state index contributed by atoms with van der Waals surface area (Å²) in [6, 6.07) is 7.20. The summed E-state index contributed by atoms with van der Waals surface area (Å²) in [4.78, 5) is 0. The van der Waals surface area contributed by atoms with Crippen molar-refractivity contribution in [1.82, 2.24) is 5.32 Å². The molecule has 1 aromatic rings. The lowest BCUT2D eigenvalue weighted by atomic mass is 9.90. The highest BCUT2D eigenvalue weighted by molar-refractivity contribution is 5.34. The van der Waals surface area contributed by atoms with Crippen molar-refractivity contribution < 1.29 is 9.13 Å². The molecule has 1 aliphatic carbocycles. The van der Waals surface area contributed by atoms with Crippen LogP contribution in [0.5, 0.6) is 0 Å². The number of benzene rings is 1. The zero-order chi connectivity index (χ0) is 13.0. The molecule has 0 spiro atoms. The molecule has 1 aromatic carbocycles. The van der Waals surface area contributed by atoms with Crippen LogP contribution < -0.4 is 5.32 Å². The van der Waals surface area contributed by atoms with Crippen LogP contribution in [0, 0.1) is 11.7 Å². The van der Waals surface area contributed by atoms with E-state index in [2.05, 4.69) is 12.2 Å². The Kier molecular flexibility index (Phi) is 4.36. The smallest absolute Gasteiger partial charge is 0.126 e. The zero-order valence-electron chi connectivity index (χ0n) is 11.2. The summed E-state index contributed by atoms with van der Waals surface area (Å²) in [6.07, 6.45) is 2.09. The highest BCUT2D eigenvalue weighted by Gasteiger charge is 2.54. The Morgan fingerprint density at radius 2 is 2.22 bits per heavy atom. The maximum Gasteiger partial charge on any atom is 0.126 e. The van der Waals surface area contributed by atoms with E-state index in [1.807, 2.05) is 12.1 Å². The predicted molar refractivity (Wildman–Crippen MR) is 71.2 cm³/mol. The number of methoxy groups -OCH3 is 1. The van der Waals surface area contributed by atoms with Crippen LogP contribution in [0.25, 0.3) is 0 Å². The summed E-state index contributed by atoms with van der Waals surface area (Å²) < 4.78 is 18.9. The molecule has 0 bridgehead atoms. The van der Waals surface area contributed by atoms with Crippen molar-refractivity contribution in [2.24, 2.45) is 5.92 Å². The van der Waals surface area contributed by atoms with Crippen molar-refractivity contribution in [3.8, 4) is 0 Å². The van der Waals surface area contributed by atoms with Crippen molar-refractivity contribution in [3.05, 3.63) is 35.6 Å². The topological polar surface area (TPSA) is 21.3 Å². The van der Waals surface area contributed by atoms with Crippen molar-refractivity contribution in [2.45, 2.75) is 25.2 Å². The fourth-order valence-corrected chi connectivity index (χ4v) is 2.92. The van der Waals surface area contributed by atoms with Gasteiger partial charge in [-0.2, -0.15) is 0 Å². The largest absolute Gasteiger partial charge is 0.383 e. The van der Waals surface area contributed by atoms with E-state index in [4.69, 9.17) is 4.74 Å². The number of hydrogen-bond acceptors (Lipinski definition) is 2. The molecule has 1 aliphatic rings. The van der Waals surface area contributed by atoms with Crippen LogP contribution in [0.15, 0.2) is 24.3 Å². The number of hydrogen-bond donors (Lipinski definition) is 1. The molecule has 1 N–H and O–H groups in total. The molecule has 0 radical (unpaired) electrons. The van der Waals surface area contributed by atoms with Gasteiger partial charge in [0, 0.05) is 19.1 Å². The van der Waals surface area contributed by atoms with Gasteiger partial charge >= 0.3 is 0 Å². The van der Waals surface area contributed by atoms with Crippen LogP contribution in [0.4, 0.5) is 4.39 Å². The van der Waals surface area contributed by atoms with E-state index in [0.29, 0.717) is 5.92 Å². The lowest BCUT2D eigenvalue weighted by Crippen LogP contribution is -2.25. The Bertz CT molecular complexity index is 396. The average molecular weight is 251 g/mol. The molecule has 3 heteroatoms. The lowest BCUT2D eigenvalue weighted by Gasteiger charge is -2.17. The lowest BCUT2D eigenvalue weighted by molar-refractivity contribution is 0.199. The van der Waals surface area contributed by atoms with E-state index in [0.717, 1.165) is 38.1 Å². The van der Waals surface area contributed by atoms with Crippen LogP contribution in [-0.2, 0) is 10.2 Å². The van der Waals surface area contributed by atoms with E-state index >= 15 is 0 Å². The summed E-state index contributed by atoms with van der Waals surface area (Å²) in [5.41, 5.74) is 0.955. The molecule has 2 atom stereocenters. The van der Waals surface area contributed by atoms with Crippen molar-refractivity contribution >= 4 is 0 Å². The minimum atomic E-state index is -0.0567. The molecule has 2 rings (SSSR count). The fourth-order valence-electron chi connectivity index (χ4n) is 2.92. The predicted octanol–water partition coefficient (Wildman–Crippen LogP) is 2.73. The molecule has 0 heterocycles. The molecular weight excluding hydrogens is 229 g/mol. The Morgan fingerprint density at radius 1 is 1.44 bits per heavy atom. The molecule has 0 aromatic heterocycles. The monoisotopic (exact) mass is 251 g/mol. The number of nitrogens with one attached hydrogen (secondary N) is 1. The van der Waals surface area contributed by atoms with Crippen molar-refractivity contribution in [3.63, 3.8) is 0 Å². The van der Waals surface area contributed by atoms with Gasteiger partial charge < -0.3 is 10.1 Å². The quantitative estimate of drug-likeness (QED) is 0.752. The number of ether oxygens (including phenoxy) is 1. The SMILES string of the molecule is CCC1(c2ccccc2F)CC1CNCCOC. The van der Waals surface area contributed by atoms with Crippen LogP contribution in [0.1, 0.15) is 25.3 Å². The summed E-state index contributed by atoms with van der Waals surface area (Å²) in [6.45, 7) is 4.70. The molecule has 0 aliphatic heterocycles. The Morgan fingerprint density at radius 3 is 2.89 bits per heavy atom. The summed E-state index contributed by atoms with van der Waals surface area (Å²) >= 11 is 0. The number of rotatable bonds is 7. The minimum Gasteiger partial charge on any atom is -0.383 e. The van der Waals surface area contributed by atoms with Gasteiger partial charge in [-0.15, -0.1) is 0 Å². The molecule has 2 nitrogen and oxygen atoms in total. The van der Waals surface area contributed by atoms with Crippen LogP contribution in [-0.4, -0.2) is 26.8 Å². The molecular formula is C15H22FNO. The van der Waals surface area contributed by atoms with E-state index in [9.17, 15) is 4.39 Å². The minimum absolute atomic E-state index is 0.0567. The van der Waals surface area contributed by atoms with Crippen molar-refractivity contribution in [1.29, 1.82) is 0 Å². The van der Waals surface area contributed by atoms with Crippen LogP contribution in [0.2, 0.25) is 0 Å². The first-order chi connectivity index (χ1) is 8.74. The van der Waals surface area contributed by atoms with Gasteiger partial charge in [0.25, 0.3) is 0 Å². The highest BCUT2D eigenvalue weighted by atomic mass is 19.1. The van der Waals surface area contributed by atoms with Gasteiger partial charge in [-0.25, -0.2) is 4.39 Å². The first-order valence-electron chi connectivity index (χ1n) is 6.69. The maximum absolute atomic E-state index is 13.9. The third-order valence-corrected chi connectivity index (χ3v) is 4.15. The van der Waals surface area contributed by atoms with Gasteiger partial charge in [-0.1, -0.05) is 25.1 Å². The Balaban J connectivity index is 1.96. The second kappa shape index (κ2) is 5.81. The Labute approximate surface area is 109 Å². The van der Waals surface area contributed by atoms with E-state index < -0.39 is 0 Å². The molecule has 100 valence electrons. The number of halogens is 1. The first-order valence-corrected chi connectivity index (χ1v) is 6.69. The molecule has 1 fully saturated rings. The van der Waals surface area contributed by atoms with Gasteiger partial charge in [-0.3, -0.25) is 0 Å². The summed E-state index contributed by atoms with van der Waals surface area (Å²) in [7, 11) is 1.70. The molecule has 0 amide bonds. The third-order valence-electron chi connectivity index (χ3n) is 4.15. The second-order valence-corrected chi connectivity index (χ2v) is 5.09. The van der Waals surface area contributed by atoms with E-state index in [1.54, 1.807) is 19.2 Å². The highest BCUT2D eigenvalue weighted by Crippen LogP contribution is 2.56. The van der Waals surface area contributed by atoms with Gasteiger partial charge in [0.2, 0.25) is 0 Å². The van der Waals surface area contributed by atoms with E-state index in [-0.39, 0.29) is 11.2 Å². The molecule has 0 saturated heterocycles. The third kappa shape index (κ3) is 2.57. The molecule has 2 unspecified atom stereocenters. The van der Waals surface area contributed by atoms with Gasteiger partial charge in [0.15, 0.2) is 0 Å². The summed E-state index contributed by atoms with van der Waals surface area (Å²) in [5.74, 6) is 0.495. The maximum atomic E-state index is 13.9. The average Bonchev–Trinajstić information content (AvgIpc) is 3.10. The zero-order valence-corrected chi connectivity index (χ0v) is 11.2.